The number of nitrogens with two attached hydrogens (primary N) is 1. The number of aliphatic hydroxyl groups is 1. The molecule has 1 aromatic rings. The fourth-order valence-electron chi connectivity index (χ4n) is 2.38. The molecular formula is C14H23N3O. The first-order valence-electron chi connectivity index (χ1n) is 6.65. The van der Waals surface area contributed by atoms with Gasteiger partial charge in [0.15, 0.2) is 0 Å². The van der Waals surface area contributed by atoms with Gasteiger partial charge in [-0.15, -0.1) is 0 Å². The van der Waals surface area contributed by atoms with Crippen molar-refractivity contribution in [3.05, 3.63) is 30.1 Å². The number of nitrogens with zero attached hydrogens (tertiary/aromatic N) is 2. The smallest absolute Gasteiger partial charge is 0.0923 e. The molecule has 1 aliphatic carbocycles. The maximum Gasteiger partial charge on any atom is 0.0923 e. The van der Waals surface area contributed by atoms with Crippen molar-refractivity contribution in [1.82, 2.24) is 9.88 Å². The van der Waals surface area contributed by atoms with Gasteiger partial charge in [-0.1, -0.05) is 6.07 Å². The van der Waals surface area contributed by atoms with Gasteiger partial charge < -0.3 is 15.7 Å². The number of likely N-dealkylation sites (N-methyl/N-ethyl adjacent to an activating group) is 1. The lowest BCUT2D eigenvalue weighted by Gasteiger charge is -2.31. The molecule has 100 valence electrons. The maximum absolute atomic E-state index is 10.4. The normalized spacial score (nSPS) is 18.9. The van der Waals surface area contributed by atoms with Crippen LogP contribution in [-0.2, 0) is 6.42 Å². The Bertz CT molecular complexity index is 367. The Morgan fingerprint density at radius 1 is 1.50 bits per heavy atom. The van der Waals surface area contributed by atoms with Gasteiger partial charge in [0.05, 0.1) is 5.60 Å². The van der Waals surface area contributed by atoms with Crippen molar-refractivity contribution >= 4 is 0 Å². The molecule has 1 atom stereocenters. The van der Waals surface area contributed by atoms with Crippen LogP contribution >= 0.6 is 0 Å². The second-order valence-corrected chi connectivity index (χ2v) is 5.39. The largest absolute Gasteiger partial charge is 0.387 e. The Morgan fingerprint density at radius 3 is 2.83 bits per heavy atom. The number of hydrogen-bond acceptors (Lipinski definition) is 4. The third-order valence-electron chi connectivity index (χ3n) is 3.71. The molecule has 0 radical (unpaired) electrons. The zero-order chi connectivity index (χ0) is 13.0. The van der Waals surface area contributed by atoms with Crippen molar-refractivity contribution in [3.63, 3.8) is 0 Å². The summed E-state index contributed by atoms with van der Waals surface area (Å²) in [7, 11) is 2.03. The summed E-state index contributed by atoms with van der Waals surface area (Å²) < 4.78 is 0. The lowest BCUT2D eigenvalue weighted by molar-refractivity contribution is -0.00184. The summed E-state index contributed by atoms with van der Waals surface area (Å²) >= 11 is 0. The molecule has 0 bridgehead atoms. The van der Waals surface area contributed by atoms with E-state index in [9.17, 15) is 5.11 Å². The van der Waals surface area contributed by atoms with Gasteiger partial charge in [0.1, 0.15) is 0 Å². The summed E-state index contributed by atoms with van der Waals surface area (Å²) in [6.45, 7) is 1.90. The monoisotopic (exact) mass is 249 g/mol. The number of pyridine rings is 1. The van der Waals surface area contributed by atoms with E-state index in [1.54, 1.807) is 0 Å². The third kappa shape index (κ3) is 3.51. The lowest BCUT2D eigenvalue weighted by atomic mass is 9.97. The van der Waals surface area contributed by atoms with Gasteiger partial charge in [0.2, 0.25) is 0 Å². The number of hydrogen-bond donors (Lipinski definition) is 2. The van der Waals surface area contributed by atoms with Crippen molar-refractivity contribution in [3.8, 4) is 0 Å². The molecule has 1 saturated carbocycles. The molecule has 1 unspecified atom stereocenters. The number of aromatic nitrogens is 1. The fourth-order valence-corrected chi connectivity index (χ4v) is 2.38. The highest BCUT2D eigenvalue weighted by atomic mass is 16.3. The molecule has 0 aliphatic heterocycles. The van der Waals surface area contributed by atoms with E-state index in [1.165, 1.54) is 0 Å². The third-order valence-corrected chi connectivity index (χ3v) is 3.71. The molecule has 4 heteroatoms. The highest BCUT2D eigenvalue weighted by Crippen LogP contribution is 2.39. The molecule has 4 nitrogen and oxygen atoms in total. The van der Waals surface area contributed by atoms with Gasteiger partial charge in [0.25, 0.3) is 0 Å². The summed E-state index contributed by atoms with van der Waals surface area (Å²) in [5.41, 5.74) is 6.11. The van der Waals surface area contributed by atoms with Gasteiger partial charge in [-0.3, -0.25) is 4.98 Å². The van der Waals surface area contributed by atoms with Gasteiger partial charge in [-0.2, -0.15) is 0 Å². The van der Waals surface area contributed by atoms with Crippen LogP contribution in [0.3, 0.4) is 0 Å². The van der Waals surface area contributed by atoms with Crippen molar-refractivity contribution in [1.29, 1.82) is 0 Å². The minimum atomic E-state index is -0.696. The summed E-state index contributed by atoms with van der Waals surface area (Å²) in [5, 5.41) is 10.4. The molecule has 18 heavy (non-hydrogen) atoms. The zero-order valence-corrected chi connectivity index (χ0v) is 11.0. The van der Waals surface area contributed by atoms with E-state index in [1.807, 2.05) is 31.4 Å². The molecule has 0 saturated heterocycles. The van der Waals surface area contributed by atoms with E-state index < -0.39 is 5.60 Å². The average Bonchev–Trinajstić information content (AvgIpc) is 3.22. The first-order valence-corrected chi connectivity index (χ1v) is 6.65. The highest BCUT2D eigenvalue weighted by Gasteiger charge is 2.43. The van der Waals surface area contributed by atoms with Crippen molar-refractivity contribution in [2.45, 2.75) is 24.9 Å². The first-order chi connectivity index (χ1) is 8.64. The van der Waals surface area contributed by atoms with E-state index in [-0.39, 0.29) is 0 Å². The molecule has 1 aliphatic rings. The van der Waals surface area contributed by atoms with E-state index in [0.29, 0.717) is 19.0 Å². The van der Waals surface area contributed by atoms with E-state index >= 15 is 0 Å². The van der Waals surface area contributed by atoms with E-state index in [4.69, 9.17) is 5.73 Å². The van der Waals surface area contributed by atoms with Crippen LogP contribution in [0.4, 0.5) is 0 Å². The average molecular weight is 249 g/mol. The molecule has 0 spiro atoms. The predicted molar refractivity (Wildman–Crippen MR) is 72.2 cm³/mol. The van der Waals surface area contributed by atoms with Crippen LogP contribution in [0.1, 0.15) is 18.5 Å². The van der Waals surface area contributed by atoms with Crippen LogP contribution in [0.25, 0.3) is 0 Å². The molecule has 1 heterocycles. The van der Waals surface area contributed by atoms with Gasteiger partial charge in [-0.25, -0.2) is 0 Å². The van der Waals surface area contributed by atoms with Crippen molar-refractivity contribution < 1.29 is 5.11 Å². The van der Waals surface area contributed by atoms with E-state index in [0.717, 1.165) is 31.5 Å². The highest BCUT2D eigenvalue weighted by molar-refractivity contribution is 5.04. The molecule has 0 aromatic carbocycles. The molecule has 2 rings (SSSR count). The van der Waals surface area contributed by atoms with Crippen molar-refractivity contribution in [2.75, 3.05) is 26.7 Å². The standard InChI is InChI=1S/C14H23N3O/c1-17(9-7-13-4-2-3-8-16-13)11-14(18,10-15)12-5-6-12/h2-4,8,12,18H,5-7,9-11,15H2,1H3. The second-order valence-electron chi connectivity index (χ2n) is 5.39. The summed E-state index contributed by atoms with van der Waals surface area (Å²) in [6, 6.07) is 5.96. The summed E-state index contributed by atoms with van der Waals surface area (Å²) in [5.74, 6) is 0.403. The molecule has 1 aromatic heterocycles. The maximum atomic E-state index is 10.4. The molecule has 0 amide bonds. The Balaban J connectivity index is 1.79. The van der Waals surface area contributed by atoms with Crippen LogP contribution in [0.5, 0.6) is 0 Å². The van der Waals surface area contributed by atoms with Crippen LogP contribution in [0, 0.1) is 5.92 Å². The van der Waals surface area contributed by atoms with Crippen LogP contribution in [0.2, 0.25) is 0 Å². The molecular weight excluding hydrogens is 226 g/mol. The minimum Gasteiger partial charge on any atom is -0.387 e. The summed E-state index contributed by atoms with van der Waals surface area (Å²) in [4.78, 5) is 6.45. The van der Waals surface area contributed by atoms with E-state index in [2.05, 4.69) is 9.88 Å². The molecule has 1 fully saturated rings. The fraction of sp³-hybridized carbons (Fsp3) is 0.643. The Hall–Kier alpha value is -0.970. The van der Waals surface area contributed by atoms with Crippen LogP contribution < -0.4 is 5.73 Å². The van der Waals surface area contributed by atoms with Gasteiger partial charge in [-0.05, 0) is 37.9 Å². The second kappa shape index (κ2) is 5.78. The van der Waals surface area contributed by atoms with Gasteiger partial charge in [0, 0.05) is 37.9 Å². The van der Waals surface area contributed by atoms with Crippen LogP contribution in [-0.4, -0.2) is 47.3 Å². The quantitative estimate of drug-likeness (QED) is 0.745. The van der Waals surface area contributed by atoms with Gasteiger partial charge >= 0.3 is 0 Å². The topological polar surface area (TPSA) is 62.4 Å². The van der Waals surface area contributed by atoms with Crippen molar-refractivity contribution in [2.24, 2.45) is 11.7 Å². The summed E-state index contributed by atoms with van der Waals surface area (Å²) in [6.07, 6.45) is 4.95. The van der Waals surface area contributed by atoms with Crippen LogP contribution in [0.15, 0.2) is 24.4 Å². The lowest BCUT2D eigenvalue weighted by Crippen LogP contribution is -2.49. The minimum absolute atomic E-state index is 0.353. The Morgan fingerprint density at radius 2 is 2.28 bits per heavy atom. The Kier molecular flexibility index (Phi) is 4.32. The number of rotatable bonds is 7. The first kappa shape index (κ1) is 13.5. The zero-order valence-electron chi connectivity index (χ0n) is 11.0. The predicted octanol–water partition coefficient (Wildman–Crippen LogP) is 0.656. The Labute approximate surface area is 109 Å². The molecule has 3 N–H and O–H groups in total. The SMILES string of the molecule is CN(CCc1ccccn1)CC(O)(CN)C1CC1.